The van der Waals surface area contributed by atoms with E-state index in [1.54, 1.807) is 0 Å². The minimum atomic E-state index is 0.0755. The third-order valence-corrected chi connectivity index (χ3v) is 12.1. The molecule has 6 aromatic rings. The zero-order valence-electron chi connectivity index (χ0n) is 37.6. The predicted octanol–water partition coefficient (Wildman–Crippen LogP) is 8.91. The molecule has 2 saturated heterocycles. The van der Waals surface area contributed by atoms with Gasteiger partial charge < -0.3 is 24.1 Å². The Kier molecular flexibility index (Phi) is 14.0. The molecule has 0 atom stereocenters. The van der Waals surface area contributed by atoms with E-state index in [4.69, 9.17) is 14.7 Å². The zero-order valence-corrected chi connectivity index (χ0v) is 37.6. The first-order chi connectivity index (χ1) is 28.9. The van der Waals surface area contributed by atoms with E-state index in [0.29, 0.717) is 0 Å². The van der Waals surface area contributed by atoms with Gasteiger partial charge in [-0.3, -0.25) is 14.0 Å². The number of piperazine rings is 1. The Hall–Kier alpha value is -4.74. The van der Waals surface area contributed by atoms with Crippen molar-refractivity contribution in [2.75, 3.05) is 65.6 Å². The van der Waals surface area contributed by atoms with Gasteiger partial charge in [0.2, 0.25) is 0 Å². The molecule has 0 amide bonds. The summed E-state index contributed by atoms with van der Waals surface area (Å²) in [4.78, 5) is 14.6. The summed E-state index contributed by atoms with van der Waals surface area (Å²) in [5.74, 6) is 2.03. The molecule has 320 valence electrons. The highest BCUT2D eigenvalue weighted by Gasteiger charge is 2.26. The summed E-state index contributed by atoms with van der Waals surface area (Å²) in [7, 11) is 0. The number of imidazole rings is 2. The van der Waals surface area contributed by atoms with Gasteiger partial charge in [-0.15, -0.1) is 0 Å². The van der Waals surface area contributed by atoms with Crippen molar-refractivity contribution in [2.45, 2.75) is 92.2 Å². The molecule has 0 aliphatic carbocycles. The van der Waals surface area contributed by atoms with Crippen LogP contribution in [0.5, 0.6) is 0 Å². The second-order valence-electron chi connectivity index (χ2n) is 18.5. The van der Waals surface area contributed by atoms with Crippen molar-refractivity contribution in [3.8, 4) is 34.2 Å². The molecule has 0 saturated carbocycles. The van der Waals surface area contributed by atoms with Crippen LogP contribution in [0.15, 0.2) is 97.6 Å². The fraction of sp³-hybridized carbons (Fsp3) is 0.480. The number of hydrogen-bond acceptors (Lipinski definition) is 6. The molecule has 0 radical (unpaired) electrons. The summed E-state index contributed by atoms with van der Waals surface area (Å²) in [6, 6.07) is 25.6. The Morgan fingerprint density at radius 1 is 0.567 bits per heavy atom. The topological polar surface area (TPSA) is 73.2 Å². The molecule has 10 nitrogen and oxygen atoms in total. The summed E-state index contributed by atoms with van der Waals surface area (Å²) in [6.07, 6.45) is 10.2. The number of para-hydroxylation sites is 2. The molecule has 2 aromatic carbocycles. The number of nitrogens with zero attached hydrogens (tertiary/aromatic N) is 8. The van der Waals surface area contributed by atoms with E-state index in [9.17, 15) is 0 Å². The van der Waals surface area contributed by atoms with Crippen LogP contribution in [0.1, 0.15) is 77.2 Å². The number of hydrogen-bond donors (Lipinski definition) is 1. The molecule has 8 rings (SSSR count). The van der Waals surface area contributed by atoms with Crippen LogP contribution < -0.4 is 5.32 Å². The molecule has 10 heteroatoms. The lowest BCUT2D eigenvalue weighted by Crippen LogP contribution is -2.43. The molecule has 0 spiro atoms. The van der Waals surface area contributed by atoms with E-state index in [2.05, 4.69) is 168 Å². The normalized spacial score (nSPS) is 15.6. The average molecular weight is 812 g/mol. The Labute approximate surface area is 359 Å². The predicted molar refractivity (Wildman–Crippen MR) is 247 cm³/mol. The molecule has 2 aliphatic heterocycles. The van der Waals surface area contributed by atoms with Crippen LogP contribution in [-0.4, -0.2) is 104 Å². The number of ether oxygens (including phenoxy) is 1. The highest BCUT2D eigenvalue weighted by molar-refractivity contribution is 5.65. The maximum atomic E-state index is 5.48. The number of benzene rings is 2. The van der Waals surface area contributed by atoms with E-state index in [1.165, 1.54) is 40.3 Å². The summed E-state index contributed by atoms with van der Waals surface area (Å²) < 4.78 is 14.9. The van der Waals surface area contributed by atoms with Crippen LogP contribution in [0.25, 0.3) is 34.2 Å². The summed E-state index contributed by atoms with van der Waals surface area (Å²) in [5.41, 5.74) is 10.3. The Balaban J connectivity index is 0.000000181. The average Bonchev–Trinajstić information content (AvgIpc) is 4.06. The zero-order chi connectivity index (χ0) is 42.3. The van der Waals surface area contributed by atoms with Crippen molar-refractivity contribution in [1.29, 1.82) is 0 Å². The first-order valence-corrected chi connectivity index (χ1v) is 22.2. The van der Waals surface area contributed by atoms with Crippen LogP contribution in [0.3, 0.4) is 0 Å². The Morgan fingerprint density at radius 3 is 1.40 bits per heavy atom. The Morgan fingerprint density at radius 2 is 0.983 bits per heavy atom. The first kappa shape index (κ1) is 43.4. The fourth-order valence-electron chi connectivity index (χ4n) is 8.83. The van der Waals surface area contributed by atoms with Gasteiger partial charge in [-0.1, -0.05) is 77.9 Å². The van der Waals surface area contributed by atoms with Gasteiger partial charge in [0.1, 0.15) is 11.6 Å². The largest absolute Gasteiger partial charge is 0.379 e. The van der Waals surface area contributed by atoms with Gasteiger partial charge in [-0.25, -0.2) is 9.97 Å². The highest BCUT2D eigenvalue weighted by Crippen LogP contribution is 2.35. The van der Waals surface area contributed by atoms with Crippen LogP contribution in [0, 0.1) is 13.8 Å². The van der Waals surface area contributed by atoms with Crippen LogP contribution in [-0.2, 0) is 28.7 Å². The van der Waals surface area contributed by atoms with Gasteiger partial charge >= 0.3 is 0 Å². The van der Waals surface area contributed by atoms with Gasteiger partial charge in [0.25, 0.3) is 0 Å². The fourth-order valence-corrected chi connectivity index (χ4v) is 8.83. The second kappa shape index (κ2) is 19.3. The summed E-state index contributed by atoms with van der Waals surface area (Å²) in [5, 5.41) is 3.44. The third-order valence-electron chi connectivity index (χ3n) is 12.1. The SMILES string of the molecule is Cc1c(-c2nccn2-c2ccccc2)cc(C(C)(C)C)n1CCCN1CCNCC1.Cc1c(-c2nccn2-c2ccccc2)cc(C(C)(C)C)n1CCCN1CCOCC1. The van der Waals surface area contributed by atoms with Crippen molar-refractivity contribution < 1.29 is 4.74 Å². The molecule has 4 aromatic heterocycles. The van der Waals surface area contributed by atoms with Crippen LogP contribution in [0.4, 0.5) is 0 Å². The van der Waals surface area contributed by atoms with E-state index < -0.39 is 0 Å². The van der Waals surface area contributed by atoms with Gasteiger partial charge in [0, 0.05) is 140 Å². The first-order valence-electron chi connectivity index (χ1n) is 22.2. The number of rotatable bonds is 12. The molecule has 60 heavy (non-hydrogen) atoms. The lowest BCUT2D eigenvalue weighted by molar-refractivity contribution is 0.0369. The minimum absolute atomic E-state index is 0.0755. The van der Waals surface area contributed by atoms with E-state index in [-0.39, 0.29) is 10.8 Å². The van der Waals surface area contributed by atoms with E-state index in [0.717, 1.165) is 108 Å². The van der Waals surface area contributed by atoms with Crippen molar-refractivity contribution in [1.82, 2.24) is 43.4 Å². The van der Waals surface area contributed by atoms with Crippen LogP contribution in [0.2, 0.25) is 0 Å². The molecular weight excluding hydrogens is 743 g/mol. The molecule has 2 aliphatic rings. The molecule has 1 N–H and O–H groups in total. The van der Waals surface area contributed by atoms with Gasteiger partial charge in [0.05, 0.1) is 13.2 Å². The number of nitrogens with one attached hydrogen (secondary N) is 1. The van der Waals surface area contributed by atoms with Crippen molar-refractivity contribution >= 4 is 0 Å². The molecular formula is C50H69N9O. The van der Waals surface area contributed by atoms with E-state index in [1.807, 2.05) is 18.5 Å². The monoisotopic (exact) mass is 812 g/mol. The summed E-state index contributed by atoms with van der Waals surface area (Å²) >= 11 is 0. The molecule has 6 heterocycles. The second-order valence-corrected chi connectivity index (χ2v) is 18.5. The highest BCUT2D eigenvalue weighted by atomic mass is 16.5. The smallest absolute Gasteiger partial charge is 0.146 e. The molecule has 0 bridgehead atoms. The standard InChI is InChI=1S/C25H35N5.C25H34N4O/c1-20-22(24-27-13-18-30(24)21-9-6-5-7-10-21)19-23(25(2,3)4)29(20)15-8-14-28-16-11-26-12-17-28;1-20-22(24-26-11-14-29(24)21-9-6-5-7-10-21)19-23(25(2,3)4)28(20)13-8-12-27-15-17-30-18-16-27/h5-7,9-10,13,18-19,26H,8,11-12,14-17H2,1-4H3;5-7,9-11,14,19H,8,12-13,15-18H2,1-4H3. The lowest BCUT2D eigenvalue weighted by Gasteiger charge is -2.28. The molecule has 2 fully saturated rings. The lowest BCUT2D eigenvalue weighted by atomic mass is 9.91. The maximum Gasteiger partial charge on any atom is 0.146 e. The quantitative estimate of drug-likeness (QED) is 0.133. The minimum Gasteiger partial charge on any atom is -0.379 e. The van der Waals surface area contributed by atoms with Crippen molar-refractivity contribution in [3.05, 3.63) is 120 Å². The van der Waals surface area contributed by atoms with Gasteiger partial charge in [-0.2, -0.15) is 0 Å². The molecule has 0 unspecified atom stereocenters. The van der Waals surface area contributed by atoms with E-state index >= 15 is 0 Å². The van der Waals surface area contributed by atoms with Gasteiger partial charge in [-0.05, 0) is 69.6 Å². The van der Waals surface area contributed by atoms with Crippen molar-refractivity contribution in [2.24, 2.45) is 0 Å². The summed E-state index contributed by atoms with van der Waals surface area (Å²) in [6.45, 7) is 31.1. The van der Waals surface area contributed by atoms with Crippen LogP contribution >= 0.6 is 0 Å². The Bertz CT molecular complexity index is 2080. The van der Waals surface area contributed by atoms with Gasteiger partial charge in [0.15, 0.2) is 0 Å². The number of morpholine rings is 1. The van der Waals surface area contributed by atoms with Crippen molar-refractivity contribution in [3.63, 3.8) is 0 Å². The maximum absolute atomic E-state index is 5.48. The number of aromatic nitrogens is 6. The third kappa shape index (κ3) is 10.2.